The van der Waals surface area contributed by atoms with Gasteiger partial charge in [-0.2, -0.15) is 0 Å². The predicted molar refractivity (Wildman–Crippen MR) is 121 cm³/mol. The van der Waals surface area contributed by atoms with Crippen LogP contribution in [0.1, 0.15) is 35.5 Å². The fourth-order valence-corrected chi connectivity index (χ4v) is 4.57. The lowest BCUT2D eigenvalue weighted by Gasteiger charge is -2.22. The van der Waals surface area contributed by atoms with Gasteiger partial charge in [-0.1, -0.05) is 30.3 Å². The smallest absolute Gasteiger partial charge is 0.191 e. The molecule has 2 N–H and O–H groups in total. The first-order chi connectivity index (χ1) is 12.8. The van der Waals surface area contributed by atoms with E-state index in [4.69, 9.17) is 9.72 Å². The van der Waals surface area contributed by atoms with Crippen LogP contribution in [0, 0.1) is 0 Å². The molecule has 2 aliphatic rings. The van der Waals surface area contributed by atoms with Gasteiger partial charge in [0.25, 0.3) is 0 Å². The first-order valence-corrected chi connectivity index (χ1v) is 10.3. The Morgan fingerprint density at radius 3 is 2.81 bits per heavy atom. The van der Waals surface area contributed by atoms with Gasteiger partial charge in [0.05, 0.1) is 35.5 Å². The van der Waals surface area contributed by atoms with E-state index in [1.807, 2.05) is 7.05 Å². The number of nitrogens with zero attached hydrogens (tertiary/aromatic N) is 2. The molecule has 0 radical (unpaired) electrons. The highest BCUT2D eigenvalue weighted by Gasteiger charge is 2.41. The average molecular weight is 498 g/mol. The molecule has 3 heterocycles. The summed E-state index contributed by atoms with van der Waals surface area (Å²) in [7, 11) is 1.82. The van der Waals surface area contributed by atoms with E-state index in [2.05, 4.69) is 51.3 Å². The van der Waals surface area contributed by atoms with Gasteiger partial charge in [0.1, 0.15) is 0 Å². The number of aryl methyl sites for hydroxylation is 2. The number of aliphatic imine (C=N–C) groups is 1. The summed E-state index contributed by atoms with van der Waals surface area (Å²) >= 11 is 1.74. The molecule has 0 saturated carbocycles. The number of benzene rings is 1. The zero-order valence-electron chi connectivity index (χ0n) is 15.6. The Kier molecular flexibility index (Phi) is 7.49. The Morgan fingerprint density at radius 2 is 2.11 bits per heavy atom. The minimum Gasteiger partial charge on any atom is -0.373 e. The zero-order valence-corrected chi connectivity index (χ0v) is 18.7. The lowest BCUT2D eigenvalue weighted by atomic mass is 9.96. The average Bonchev–Trinajstić information content (AvgIpc) is 3.41. The van der Waals surface area contributed by atoms with Crippen LogP contribution in [0.25, 0.3) is 0 Å². The van der Waals surface area contributed by atoms with E-state index in [1.54, 1.807) is 11.3 Å². The van der Waals surface area contributed by atoms with Gasteiger partial charge in [0, 0.05) is 18.8 Å². The molecule has 2 fully saturated rings. The number of nitrogens with one attached hydrogen (secondary N) is 2. The number of thiazole rings is 1. The maximum atomic E-state index is 5.90. The number of hydrogen-bond donors (Lipinski definition) is 2. The van der Waals surface area contributed by atoms with Crippen molar-refractivity contribution in [1.82, 2.24) is 15.6 Å². The maximum absolute atomic E-state index is 5.90. The summed E-state index contributed by atoms with van der Waals surface area (Å²) in [6, 6.07) is 11.0. The highest BCUT2D eigenvalue weighted by Crippen LogP contribution is 2.34. The standard InChI is InChI=1S/C20H26N4OS.HI/c1-21-20(24-17-11-16-8-9-18(17)25-16)22-12-15-13-26-19(23-15)10-7-14-5-3-2-4-6-14;/h2-6,13,16-18H,7-12H2,1H3,(H2,21,22,24);1H. The van der Waals surface area contributed by atoms with Crippen molar-refractivity contribution in [2.75, 3.05) is 7.05 Å². The molecule has 3 atom stereocenters. The van der Waals surface area contributed by atoms with Gasteiger partial charge in [-0.25, -0.2) is 4.98 Å². The third-order valence-electron chi connectivity index (χ3n) is 5.16. The number of guanidine groups is 1. The third-order valence-corrected chi connectivity index (χ3v) is 6.12. The van der Waals surface area contributed by atoms with E-state index >= 15 is 0 Å². The van der Waals surface area contributed by atoms with Crippen LogP contribution in [0.3, 0.4) is 0 Å². The van der Waals surface area contributed by atoms with Crippen LogP contribution in [0.2, 0.25) is 0 Å². The Labute approximate surface area is 182 Å². The van der Waals surface area contributed by atoms with E-state index in [1.165, 1.54) is 17.0 Å². The summed E-state index contributed by atoms with van der Waals surface area (Å²) < 4.78 is 5.90. The van der Waals surface area contributed by atoms with Gasteiger partial charge in [-0.15, -0.1) is 35.3 Å². The quantitative estimate of drug-likeness (QED) is 0.364. The monoisotopic (exact) mass is 498 g/mol. The number of aromatic nitrogens is 1. The van der Waals surface area contributed by atoms with Crippen molar-refractivity contribution >= 4 is 41.3 Å². The molecule has 0 amide bonds. The summed E-state index contributed by atoms with van der Waals surface area (Å²) in [6.45, 7) is 0.698. The lowest BCUT2D eigenvalue weighted by molar-refractivity contribution is 0.0992. The van der Waals surface area contributed by atoms with Gasteiger partial charge in [0.15, 0.2) is 5.96 Å². The molecule has 2 aliphatic heterocycles. The second-order valence-corrected chi connectivity index (χ2v) is 7.95. The second-order valence-electron chi connectivity index (χ2n) is 7.00. The van der Waals surface area contributed by atoms with E-state index in [0.29, 0.717) is 24.8 Å². The van der Waals surface area contributed by atoms with E-state index in [-0.39, 0.29) is 24.0 Å². The van der Waals surface area contributed by atoms with Crippen LogP contribution < -0.4 is 10.6 Å². The fraction of sp³-hybridized carbons (Fsp3) is 0.500. The second kappa shape index (κ2) is 9.84. The van der Waals surface area contributed by atoms with Gasteiger partial charge >= 0.3 is 0 Å². The van der Waals surface area contributed by atoms with Gasteiger partial charge in [-0.3, -0.25) is 4.99 Å². The molecule has 0 aliphatic carbocycles. The SMILES string of the molecule is CN=C(NCc1csc(CCc2ccccc2)n1)NC1CC2CCC1O2.I. The molecular formula is C20H27IN4OS. The van der Waals surface area contributed by atoms with Crippen LogP contribution in [0.15, 0.2) is 40.7 Å². The summed E-state index contributed by atoms with van der Waals surface area (Å²) in [6.07, 6.45) is 6.28. The molecule has 2 saturated heterocycles. The fourth-order valence-electron chi connectivity index (χ4n) is 3.78. The third kappa shape index (κ3) is 5.42. The molecule has 146 valence electrons. The first kappa shape index (κ1) is 20.5. The number of hydrogen-bond acceptors (Lipinski definition) is 4. The van der Waals surface area contributed by atoms with E-state index < -0.39 is 0 Å². The normalized spacial score (nSPS) is 23.9. The highest BCUT2D eigenvalue weighted by atomic mass is 127. The van der Waals surface area contributed by atoms with Crippen LogP contribution in [-0.4, -0.2) is 36.2 Å². The molecule has 27 heavy (non-hydrogen) atoms. The minimum absolute atomic E-state index is 0. The zero-order chi connectivity index (χ0) is 17.8. The molecule has 2 aromatic rings. The summed E-state index contributed by atoms with van der Waals surface area (Å²) in [5.41, 5.74) is 2.44. The summed E-state index contributed by atoms with van der Waals surface area (Å²) in [4.78, 5) is 9.10. The Bertz CT molecular complexity index is 751. The number of rotatable bonds is 6. The lowest BCUT2D eigenvalue weighted by Crippen LogP contribution is -2.47. The van der Waals surface area contributed by atoms with Gasteiger partial charge in [-0.05, 0) is 31.2 Å². The van der Waals surface area contributed by atoms with Crippen molar-refractivity contribution in [3.63, 3.8) is 0 Å². The van der Waals surface area contributed by atoms with Crippen molar-refractivity contribution in [1.29, 1.82) is 0 Å². The van der Waals surface area contributed by atoms with Crippen LogP contribution in [0.4, 0.5) is 0 Å². The highest BCUT2D eigenvalue weighted by molar-refractivity contribution is 14.0. The summed E-state index contributed by atoms with van der Waals surface area (Å²) in [5.74, 6) is 0.838. The molecular weight excluding hydrogens is 471 g/mol. The van der Waals surface area contributed by atoms with Gasteiger partial charge < -0.3 is 15.4 Å². The van der Waals surface area contributed by atoms with Crippen molar-refractivity contribution in [3.8, 4) is 0 Å². The number of halogens is 1. The molecule has 1 aromatic heterocycles. The van der Waals surface area contributed by atoms with E-state index in [9.17, 15) is 0 Å². The van der Waals surface area contributed by atoms with Crippen molar-refractivity contribution in [2.45, 2.75) is 56.9 Å². The van der Waals surface area contributed by atoms with Crippen molar-refractivity contribution in [3.05, 3.63) is 52.0 Å². The molecule has 4 rings (SSSR count). The molecule has 0 spiro atoms. The molecule has 2 bridgehead atoms. The van der Waals surface area contributed by atoms with Crippen LogP contribution in [-0.2, 0) is 24.1 Å². The minimum atomic E-state index is 0. The Morgan fingerprint density at radius 1 is 1.26 bits per heavy atom. The molecule has 1 aromatic carbocycles. The van der Waals surface area contributed by atoms with Crippen LogP contribution >= 0.6 is 35.3 Å². The molecule has 5 nitrogen and oxygen atoms in total. The predicted octanol–water partition coefficient (Wildman–Crippen LogP) is 3.53. The van der Waals surface area contributed by atoms with E-state index in [0.717, 1.165) is 37.3 Å². The molecule has 3 unspecified atom stereocenters. The van der Waals surface area contributed by atoms with Crippen LogP contribution in [0.5, 0.6) is 0 Å². The van der Waals surface area contributed by atoms with Crippen molar-refractivity contribution in [2.24, 2.45) is 4.99 Å². The number of ether oxygens (including phenoxy) is 1. The maximum Gasteiger partial charge on any atom is 0.191 e. The molecule has 7 heteroatoms. The Hall–Kier alpha value is -1.19. The van der Waals surface area contributed by atoms with Gasteiger partial charge in [0.2, 0.25) is 0 Å². The number of fused-ring (bicyclic) bond motifs is 2. The Balaban J connectivity index is 0.00000210. The first-order valence-electron chi connectivity index (χ1n) is 9.40. The topological polar surface area (TPSA) is 58.5 Å². The largest absolute Gasteiger partial charge is 0.373 e. The summed E-state index contributed by atoms with van der Waals surface area (Å²) in [5, 5.41) is 10.2. The van der Waals surface area contributed by atoms with Crippen molar-refractivity contribution < 1.29 is 4.74 Å².